The molecule has 0 aliphatic carbocycles. The number of benzene rings is 1. The van der Waals surface area contributed by atoms with Crippen molar-refractivity contribution in [2.75, 3.05) is 33.3 Å². The van der Waals surface area contributed by atoms with Gasteiger partial charge in [-0.1, -0.05) is 6.07 Å². The van der Waals surface area contributed by atoms with Crippen LogP contribution in [0.15, 0.2) is 18.2 Å². The fourth-order valence-electron chi connectivity index (χ4n) is 3.44. The van der Waals surface area contributed by atoms with Gasteiger partial charge in [0.25, 0.3) is 5.91 Å². The summed E-state index contributed by atoms with van der Waals surface area (Å²) in [5.41, 5.74) is 1.95. The molecule has 2 aliphatic heterocycles. The Bertz CT molecular complexity index is 544. The van der Waals surface area contributed by atoms with Crippen LogP contribution in [0.3, 0.4) is 0 Å². The van der Waals surface area contributed by atoms with Crippen LogP contribution in [0.2, 0.25) is 0 Å². The summed E-state index contributed by atoms with van der Waals surface area (Å²) in [5, 5.41) is 0. The molecular weight excluding hydrogens is 276 g/mol. The maximum atomic E-state index is 12.2. The molecule has 2 aliphatic rings. The zero-order valence-corrected chi connectivity index (χ0v) is 13.7. The molecule has 2 heterocycles. The lowest BCUT2D eigenvalue weighted by Crippen LogP contribution is -2.34. The summed E-state index contributed by atoms with van der Waals surface area (Å²) >= 11 is 0. The predicted molar refractivity (Wildman–Crippen MR) is 87.5 cm³/mol. The number of amides is 1. The van der Waals surface area contributed by atoms with E-state index in [9.17, 15) is 4.79 Å². The number of fused-ring (bicyclic) bond motifs is 1. The summed E-state index contributed by atoms with van der Waals surface area (Å²) in [6.45, 7) is 6.15. The highest BCUT2D eigenvalue weighted by molar-refractivity contribution is 5.97. The van der Waals surface area contributed by atoms with Crippen LogP contribution in [0, 0.1) is 0 Å². The van der Waals surface area contributed by atoms with Gasteiger partial charge in [-0.15, -0.1) is 0 Å². The molecule has 1 saturated heterocycles. The van der Waals surface area contributed by atoms with E-state index in [1.165, 1.54) is 19.4 Å². The van der Waals surface area contributed by atoms with Crippen molar-refractivity contribution in [3.8, 4) is 5.75 Å². The van der Waals surface area contributed by atoms with E-state index in [1.807, 2.05) is 25.2 Å². The number of hydrogen-bond acceptors (Lipinski definition) is 3. The number of ether oxygens (including phenoxy) is 1. The third-order valence-corrected chi connectivity index (χ3v) is 4.92. The minimum absolute atomic E-state index is 0.109. The summed E-state index contributed by atoms with van der Waals surface area (Å²) in [6, 6.07) is 6.66. The topological polar surface area (TPSA) is 32.8 Å². The predicted octanol–water partition coefficient (Wildman–Crippen LogP) is 2.57. The first-order chi connectivity index (χ1) is 10.6. The smallest absolute Gasteiger partial charge is 0.254 e. The van der Waals surface area contributed by atoms with Crippen molar-refractivity contribution in [3.05, 3.63) is 29.3 Å². The van der Waals surface area contributed by atoms with Crippen molar-refractivity contribution >= 4 is 5.91 Å². The Morgan fingerprint density at radius 2 is 2.18 bits per heavy atom. The first kappa shape index (κ1) is 15.3. The zero-order valence-electron chi connectivity index (χ0n) is 13.7. The fourth-order valence-corrected chi connectivity index (χ4v) is 3.44. The van der Waals surface area contributed by atoms with E-state index in [1.54, 1.807) is 4.90 Å². The zero-order chi connectivity index (χ0) is 15.5. The number of carbonyl (C=O) groups is 1. The number of likely N-dealkylation sites (tertiary alicyclic amines) is 1. The standard InChI is InChI=1S/C18H26N2O2/c1-14-5-3-9-20(14)10-4-12-22-16-7-6-15-8-11-19(2)18(21)17(15)13-16/h6-7,13-14H,3-5,8-12H2,1-2H3/t14-/m0/s1. The Hall–Kier alpha value is -1.55. The molecule has 1 aromatic carbocycles. The van der Waals surface area contributed by atoms with Crippen LogP contribution in [0.1, 0.15) is 42.1 Å². The van der Waals surface area contributed by atoms with Crippen molar-refractivity contribution in [2.24, 2.45) is 0 Å². The van der Waals surface area contributed by atoms with E-state index < -0.39 is 0 Å². The number of carbonyl (C=O) groups excluding carboxylic acids is 1. The largest absolute Gasteiger partial charge is 0.494 e. The lowest BCUT2D eigenvalue weighted by atomic mass is 9.99. The molecule has 1 atom stereocenters. The second kappa shape index (κ2) is 6.69. The van der Waals surface area contributed by atoms with Gasteiger partial charge < -0.3 is 14.5 Å². The summed E-state index contributed by atoms with van der Waals surface area (Å²) in [5.74, 6) is 0.925. The molecule has 1 aromatic rings. The van der Waals surface area contributed by atoms with Crippen LogP contribution in [0.4, 0.5) is 0 Å². The van der Waals surface area contributed by atoms with E-state index in [2.05, 4.69) is 11.8 Å². The highest BCUT2D eigenvalue weighted by Gasteiger charge is 2.22. The number of rotatable bonds is 5. The Balaban J connectivity index is 1.52. The molecular formula is C18H26N2O2. The van der Waals surface area contributed by atoms with E-state index in [-0.39, 0.29) is 5.91 Å². The SMILES string of the molecule is C[C@H]1CCCN1CCCOc1ccc2c(c1)C(=O)N(C)CC2. The van der Waals surface area contributed by atoms with Gasteiger partial charge in [-0.05, 0) is 56.8 Å². The molecule has 0 unspecified atom stereocenters. The van der Waals surface area contributed by atoms with Gasteiger partial charge in [0.1, 0.15) is 5.75 Å². The van der Waals surface area contributed by atoms with Gasteiger partial charge in [0, 0.05) is 31.7 Å². The first-order valence-corrected chi connectivity index (χ1v) is 8.40. The molecule has 4 heteroatoms. The van der Waals surface area contributed by atoms with Crippen LogP contribution in [0.25, 0.3) is 0 Å². The van der Waals surface area contributed by atoms with Gasteiger partial charge in [-0.2, -0.15) is 0 Å². The van der Waals surface area contributed by atoms with E-state index >= 15 is 0 Å². The lowest BCUT2D eigenvalue weighted by Gasteiger charge is -2.25. The van der Waals surface area contributed by atoms with Crippen molar-refractivity contribution in [1.29, 1.82) is 0 Å². The van der Waals surface area contributed by atoms with Gasteiger partial charge in [0.15, 0.2) is 0 Å². The van der Waals surface area contributed by atoms with Crippen LogP contribution < -0.4 is 4.74 Å². The molecule has 0 aromatic heterocycles. The molecule has 0 radical (unpaired) electrons. The van der Waals surface area contributed by atoms with Gasteiger partial charge in [0.05, 0.1) is 6.61 Å². The number of nitrogens with zero attached hydrogens (tertiary/aromatic N) is 2. The van der Waals surface area contributed by atoms with E-state index in [0.717, 1.165) is 48.8 Å². The Morgan fingerprint density at radius 3 is 2.95 bits per heavy atom. The minimum atomic E-state index is 0.109. The monoisotopic (exact) mass is 302 g/mol. The van der Waals surface area contributed by atoms with Gasteiger partial charge >= 0.3 is 0 Å². The molecule has 1 amide bonds. The molecule has 0 spiro atoms. The normalized spacial score (nSPS) is 22.0. The third-order valence-electron chi connectivity index (χ3n) is 4.92. The second-order valence-electron chi connectivity index (χ2n) is 6.52. The number of likely N-dealkylation sites (N-methyl/N-ethyl adjacent to an activating group) is 1. The minimum Gasteiger partial charge on any atom is -0.494 e. The summed E-state index contributed by atoms with van der Waals surface area (Å²) in [4.78, 5) is 16.5. The highest BCUT2D eigenvalue weighted by atomic mass is 16.5. The van der Waals surface area contributed by atoms with Crippen molar-refractivity contribution in [3.63, 3.8) is 0 Å². The Kier molecular flexibility index (Phi) is 4.67. The van der Waals surface area contributed by atoms with Crippen LogP contribution in [-0.2, 0) is 6.42 Å². The van der Waals surface area contributed by atoms with Crippen LogP contribution in [0.5, 0.6) is 5.75 Å². The molecule has 22 heavy (non-hydrogen) atoms. The van der Waals surface area contributed by atoms with Crippen molar-refractivity contribution < 1.29 is 9.53 Å². The molecule has 0 saturated carbocycles. The average Bonchev–Trinajstić information content (AvgIpc) is 2.93. The Labute approximate surface area is 133 Å². The molecule has 0 bridgehead atoms. The van der Waals surface area contributed by atoms with Crippen molar-refractivity contribution in [2.45, 2.75) is 38.6 Å². The molecule has 1 fully saturated rings. The van der Waals surface area contributed by atoms with Gasteiger partial charge in [-0.25, -0.2) is 0 Å². The first-order valence-electron chi connectivity index (χ1n) is 8.40. The maximum Gasteiger partial charge on any atom is 0.254 e. The second-order valence-corrected chi connectivity index (χ2v) is 6.52. The van der Waals surface area contributed by atoms with Gasteiger partial charge in [-0.3, -0.25) is 4.79 Å². The van der Waals surface area contributed by atoms with E-state index in [0.29, 0.717) is 6.61 Å². The molecule has 120 valence electrons. The maximum absolute atomic E-state index is 12.2. The molecule has 0 N–H and O–H groups in total. The fraction of sp³-hybridized carbons (Fsp3) is 0.611. The summed E-state index contributed by atoms with van der Waals surface area (Å²) in [7, 11) is 1.86. The van der Waals surface area contributed by atoms with E-state index in [4.69, 9.17) is 4.74 Å². The van der Waals surface area contributed by atoms with Crippen LogP contribution >= 0.6 is 0 Å². The van der Waals surface area contributed by atoms with Crippen molar-refractivity contribution in [1.82, 2.24) is 9.80 Å². The quantitative estimate of drug-likeness (QED) is 0.784. The highest BCUT2D eigenvalue weighted by Crippen LogP contribution is 2.23. The molecule has 3 rings (SSSR count). The van der Waals surface area contributed by atoms with Crippen LogP contribution in [-0.4, -0.2) is 55.0 Å². The average molecular weight is 302 g/mol. The lowest BCUT2D eigenvalue weighted by molar-refractivity contribution is 0.0780. The third kappa shape index (κ3) is 3.27. The summed E-state index contributed by atoms with van der Waals surface area (Å²) in [6.07, 6.45) is 4.61. The molecule has 4 nitrogen and oxygen atoms in total. The summed E-state index contributed by atoms with van der Waals surface area (Å²) < 4.78 is 5.85. The van der Waals surface area contributed by atoms with Gasteiger partial charge in [0.2, 0.25) is 0 Å². The number of hydrogen-bond donors (Lipinski definition) is 0. The Morgan fingerprint density at radius 1 is 1.32 bits per heavy atom.